The minimum absolute atomic E-state index is 0.0738. The minimum atomic E-state index is -3.96. The van der Waals surface area contributed by atoms with E-state index in [2.05, 4.69) is 0 Å². The molecule has 3 aromatic rings. The Morgan fingerprint density at radius 2 is 1.05 bits per heavy atom. The van der Waals surface area contributed by atoms with Gasteiger partial charge in [0.2, 0.25) is 0 Å². The van der Waals surface area contributed by atoms with E-state index in [0.29, 0.717) is 21.5 Å². The van der Waals surface area contributed by atoms with E-state index < -0.39 is 18.1 Å². The molecule has 0 saturated heterocycles. The van der Waals surface area contributed by atoms with E-state index >= 15 is 0 Å². The molecule has 0 amide bonds. The van der Waals surface area contributed by atoms with Gasteiger partial charge >= 0.3 is 0 Å². The molecule has 3 aromatic carbocycles. The highest BCUT2D eigenvalue weighted by Gasteiger charge is 2.18. The molecule has 0 aromatic heterocycles. The fourth-order valence-corrected chi connectivity index (χ4v) is 4.59. The smallest absolute Gasteiger partial charge is 0.207 e. The fraction of sp³-hybridized carbons (Fsp3) is 0. The number of rotatable bonds is 2. The molecule has 0 N–H and O–H groups in total. The Kier molecular flexibility index (Phi) is 3.60. The highest BCUT2D eigenvalue weighted by Crippen LogP contribution is 2.33. The van der Waals surface area contributed by atoms with Gasteiger partial charge in [-0.05, 0) is 35.0 Å². The molecule has 0 aliphatic rings. The summed E-state index contributed by atoms with van der Waals surface area (Å²) in [7, 11) is 2.98. The SMILES string of the molecule is O=S(=O)(Cl)c1cccc2cc3cccc(S(=O)(=O)Cl)c3cc12. The highest BCUT2D eigenvalue weighted by molar-refractivity contribution is 8.14. The van der Waals surface area contributed by atoms with Crippen LogP contribution < -0.4 is 0 Å². The quantitative estimate of drug-likeness (QED) is 0.504. The predicted octanol–water partition coefficient (Wildman–Crippen LogP) is 3.85. The number of hydrogen-bond donors (Lipinski definition) is 0. The van der Waals surface area contributed by atoms with Crippen LogP contribution >= 0.6 is 21.4 Å². The van der Waals surface area contributed by atoms with Crippen molar-refractivity contribution in [2.24, 2.45) is 0 Å². The zero-order valence-corrected chi connectivity index (χ0v) is 14.0. The van der Waals surface area contributed by atoms with Gasteiger partial charge in [-0.15, -0.1) is 0 Å². The van der Waals surface area contributed by atoms with Gasteiger partial charge in [0.25, 0.3) is 18.1 Å². The van der Waals surface area contributed by atoms with Crippen molar-refractivity contribution in [3.05, 3.63) is 48.5 Å². The van der Waals surface area contributed by atoms with Crippen molar-refractivity contribution in [3.8, 4) is 0 Å². The van der Waals surface area contributed by atoms with Gasteiger partial charge in [0.15, 0.2) is 0 Å². The number of fused-ring (bicyclic) bond motifs is 2. The van der Waals surface area contributed by atoms with Gasteiger partial charge in [0, 0.05) is 32.1 Å². The van der Waals surface area contributed by atoms with Crippen LogP contribution in [-0.2, 0) is 18.1 Å². The first-order valence-electron chi connectivity index (χ1n) is 6.03. The Bertz CT molecular complexity index is 1030. The summed E-state index contributed by atoms with van der Waals surface area (Å²) in [6.07, 6.45) is 0. The molecule has 8 heteroatoms. The molecule has 0 atom stereocenters. The normalized spacial score (nSPS) is 12.8. The monoisotopic (exact) mass is 374 g/mol. The second kappa shape index (κ2) is 5.09. The zero-order valence-electron chi connectivity index (χ0n) is 10.8. The number of benzene rings is 3. The zero-order chi connectivity index (χ0) is 16.1. The molecule has 0 aliphatic heterocycles. The summed E-state index contributed by atoms with van der Waals surface area (Å²) < 4.78 is 46.7. The molecule has 4 nitrogen and oxygen atoms in total. The topological polar surface area (TPSA) is 68.3 Å². The van der Waals surface area contributed by atoms with E-state index in [1.165, 1.54) is 18.2 Å². The lowest BCUT2D eigenvalue weighted by Gasteiger charge is -2.08. The maximum Gasteiger partial charge on any atom is 0.261 e. The first-order chi connectivity index (χ1) is 10.2. The summed E-state index contributed by atoms with van der Waals surface area (Å²) in [5.41, 5.74) is 0. The van der Waals surface area contributed by atoms with E-state index in [0.717, 1.165) is 0 Å². The van der Waals surface area contributed by atoms with Gasteiger partial charge in [-0.1, -0.05) is 24.3 Å². The number of halogens is 2. The van der Waals surface area contributed by atoms with Crippen LogP contribution in [0.15, 0.2) is 58.3 Å². The summed E-state index contributed by atoms with van der Waals surface area (Å²) in [4.78, 5) is -0.148. The predicted molar refractivity (Wildman–Crippen MR) is 87.5 cm³/mol. The first kappa shape index (κ1) is 15.6. The van der Waals surface area contributed by atoms with Gasteiger partial charge in [-0.25, -0.2) is 16.8 Å². The molecule has 0 radical (unpaired) electrons. The lowest BCUT2D eigenvalue weighted by Crippen LogP contribution is -1.95. The van der Waals surface area contributed by atoms with Gasteiger partial charge in [-0.2, -0.15) is 0 Å². The molecule has 22 heavy (non-hydrogen) atoms. The van der Waals surface area contributed by atoms with Gasteiger partial charge < -0.3 is 0 Å². The lowest BCUT2D eigenvalue weighted by molar-refractivity contribution is 0.609. The average Bonchev–Trinajstić information content (AvgIpc) is 2.41. The maximum atomic E-state index is 11.7. The van der Waals surface area contributed by atoms with Crippen molar-refractivity contribution in [2.75, 3.05) is 0 Å². The van der Waals surface area contributed by atoms with E-state index in [1.54, 1.807) is 30.3 Å². The first-order valence-corrected chi connectivity index (χ1v) is 10.6. The molecule has 0 unspecified atom stereocenters. The molecule has 0 spiro atoms. The standard InChI is InChI=1S/C14H8Cl2O4S2/c15-21(17,18)13-5-1-3-9-7-10-4-2-6-14(22(16,19)20)12(10)8-11(9)13/h1-8H. The van der Waals surface area contributed by atoms with Crippen molar-refractivity contribution in [1.29, 1.82) is 0 Å². The molecule has 0 aliphatic carbocycles. The molecule has 0 saturated carbocycles. The third kappa shape index (κ3) is 2.67. The van der Waals surface area contributed by atoms with Gasteiger partial charge in [0.05, 0.1) is 9.79 Å². The summed E-state index contributed by atoms with van der Waals surface area (Å²) in [6.45, 7) is 0. The largest absolute Gasteiger partial charge is 0.261 e. The van der Waals surface area contributed by atoms with Crippen LogP contribution in [0.4, 0.5) is 0 Å². The van der Waals surface area contributed by atoms with Crippen molar-refractivity contribution >= 4 is 61.0 Å². The Labute approximate surface area is 136 Å². The highest BCUT2D eigenvalue weighted by atomic mass is 35.7. The maximum absolute atomic E-state index is 11.7. The van der Waals surface area contributed by atoms with Crippen LogP contribution in [0.25, 0.3) is 21.5 Å². The second-order valence-electron chi connectivity index (χ2n) is 4.68. The molecule has 3 rings (SSSR count). The van der Waals surface area contributed by atoms with Crippen LogP contribution in [0.3, 0.4) is 0 Å². The van der Waals surface area contributed by atoms with Gasteiger partial charge in [0.1, 0.15) is 0 Å². The van der Waals surface area contributed by atoms with Crippen LogP contribution in [0.2, 0.25) is 0 Å². The molecule has 114 valence electrons. The Balaban J connectivity index is 2.56. The Morgan fingerprint density at radius 1 is 0.636 bits per heavy atom. The van der Waals surface area contributed by atoms with E-state index in [4.69, 9.17) is 21.4 Å². The van der Waals surface area contributed by atoms with Crippen molar-refractivity contribution in [2.45, 2.75) is 9.79 Å². The molecule has 0 bridgehead atoms. The van der Waals surface area contributed by atoms with Crippen molar-refractivity contribution in [3.63, 3.8) is 0 Å². The summed E-state index contributed by atoms with van der Waals surface area (Å²) in [5.74, 6) is 0. The fourth-order valence-electron chi connectivity index (χ4n) is 2.42. The molecular weight excluding hydrogens is 367 g/mol. The lowest BCUT2D eigenvalue weighted by atomic mass is 10.0. The third-order valence-electron chi connectivity index (χ3n) is 3.32. The molecule has 0 heterocycles. The van der Waals surface area contributed by atoms with Crippen molar-refractivity contribution in [1.82, 2.24) is 0 Å². The van der Waals surface area contributed by atoms with Crippen LogP contribution in [0.1, 0.15) is 0 Å². The van der Waals surface area contributed by atoms with Crippen LogP contribution in [0, 0.1) is 0 Å². The summed E-state index contributed by atoms with van der Waals surface area (Å²) >= 11 is 0. The minimum Gasteiger partial charge on any atom is -0.207 e. The second-order valence-corrected chi connectivity index (χ2v) is 9.75. The van der Waals surface area contributed by atoms with E-state index in [-0.39, 0.29) is 9.79 Å². The Hall–Kier alpha value is -1.34. The summed E-state index contributed by atoms with van der Waals surface area (Å²) in [6, 6.07) is 12.5. The van der Waals surface area contributed by atoms with Crippen LogP contribution in [-0.4, -0.2) is 16.8 Å². The van der Waals surface area contributed by atoms with Crippen molar-refractivity contribution < 1.29 is 16.8 Å². The van der Waals surface area contributed by atoms with Gasteiger partial charge in [-0.3, -0.25) is 0 Å². The average molecular weight is 375 g/mol. The third-order valence-corrected chi connectivity index (χ3v) is 6.08. The Morgan fingerprint density at radius 3 is 1.41 bits per heavy atom. The van der Waals surface area contributed by atoms with E-state index in [1.807, 2.05) is 0 Å². The molecule has 0 fully saturated rings. The summed E-state index contributed by atoms with van der Waals surface area (Å²) in [5, 5.41) is 1.97. The van der Waals surface area contributed by atoms with Crippen LogP contribution in [0.5, 0.6) is 0 Å². The van der Waals surface area contributed by atoms with E-state index in [9.17, 15) is 16.8 Å². The number of hydrogen-bond acceptors (Lipinski definition) is 4. The molecular formula is C14H8Cl2O4S2.